The standard InChI is InChI=1S/C4H4Br6N/c5-3(6,7)1-11-2-4(8,9)10/h1-2H2. The van der Waals surface area contributed by atoms with Gasteiger partial charge >= 0.3 is 0 Å². The van der Waals surface area contributed by atoms with Crippen molar-refractivity contribution in [1.82, 2.24) is 5.32 Å². The lowest BCUT2D eigenvalue weighted by Gasteiger charge is -2.15. The second-order valence-corrected chi connectivity index (χ2v) is 16.3. The molecule has 0 saturated heterocycles. The fraction of sp³-hybridized carbons (Fsp3) is 1.00. The van der Waals surface area contributed by atoms with Gasteiger partial charge in [-0.1, -0.05) is 95.6 Å². The molecule has 0 heterocycles. The number of hydrogen-bond donors (Lipinski definition) is 0. The van der Waals surface area contributed by atoms with E-state index in [0.29, 0.717) is 13.1 Å². The maximum atomic E-state index is 4.23. The minimum Gasteiger partial charge on any atom is -0.235 e. The van der Waals surface area contributed by atoms with E-state index in [0.717, 1.165) is 0 Å². The summed E-state index contributed by atoms with van der Waals surface area (Å²) in [4.78, 5) is 0. The number of hydrogen-bond acceptors (Lipinski definition) is 0. The summed E-state index contributed by atoms with van der Waals surface area (Å²) in [6.07, 6.45) is 0. The first-order valence-electron chi connectivity index (χ1n) is 2.47. The molecular formula is C4H4Br6N. The van der Waals surface area contributed by atoms with Crippen LogP contribution in [0, 0.1) is 0 Å². The molecule has 0 fully saturated rings. The predicted molar refractivity (Wildman–Crippen MR) is 70.9 cm³/mol. The van der Waals surface area contributed by atoms with Crippen molar-refractivity contribution in [3.05, 3.63) is 0 Å². The predicted octanol–water partition coefficient (Wildman–Crippen LogP) is 4.27. The van der Waals surface area contributed by atoms with E-state index in [1.165, 1.54) is 0 Å². The van der Waals surface area contributed by atoms with Gasteiger partial charge in [0.1, 0.15) is 4.29 Å². The highest BCUT2D eigenvalue weighted by molar-refractivity contribution is 9.39. The van der Waals surface area contributed by atoms with Crippen molar-refractivity contribution in [3.63, 3.8) is 0 Å². The van der Waals surface area contributed by atoms with Gasteiger partial charge in [0.05, 0.1) is 0 Å². The second-order valence-electron chi connectivity index (χ2n) is 1.77. The van der Waals surface area contributed by atoms with Crippen LogP contribution < -0.4 is 5.32 Å². The lowest BCUT2D eigenvalue weighted by molar-refractivity contribution is 0.725. The molecule has 1 nitrogen and oxygen atoms in total. The summed E-state index contributed by atoms with van der Waals surface area (Å²) in [6, 6.07) is 0. The molecule has 0 amide bonds. The maximum Gasteiger partial charge on any atom is 0.148 e. The molecule has 0 aliphatic carbocycles. The van der Waals surface area contributed by atoms with E-state index < -0.39 is 0 Å². The van der Waals surface area contributed by atoms with Crippen LogP contribution in [0.5, 0.6) is 0 Å². The number of nitrogens with zero attached hydrogens (tertiary/aromatic N) is 1. The molecule has 0 saturated carbocycles. The summed E-state index contributed by atoms with van der Waals surface area (Å²) in [7, 11) is 0. The maximum absolute atomic E-state index is 4.23. The normalized spacial score (nSPS) is 13.6. The van der Waals surface area contributed by atoms with Crippen molar-refractivity contribution in [3.8, 4) is 0 Å². The van der Waals surface area contributed by atoms with Crippen LogP contribution >= 0.6 is 95.6 Å². The molecule has 0 aromatic heterocycles. The highest BCUT2D eigenvalue weighted by Crippen LogP contribution is 2.35. The Labute approximate surface area is 117 Å². The van der Waals surface area contributed by atoms with Gasteiger partial charge < -0.3 is 0 Å². The molecule has 0 aliphatic heterocycles. The quantitative estimate of drug-likeness (QED) is 0.461. The third-order valence-electron chi connectivity index (χ3n) is 0.582. The Morgan fingerprint density at radius 1 is 0.727 bits per heavy atom. The molecule has 7 heteroatoms. The van der Waals surface area contributed by atoms with Crippen molar-refractivity contribution >= 4 is 95.6 Å². The summed E-state index contributed by atoms with van der Waals surface area (Å²) in [5, 5.41) is 4.23. The van der Waals surface area contributed by atoms with Gasteiger partial charge in [-0.05, 0) is 0 Å². The summed E-state index contributed by atoms with van der Waals surface area (Å²) < 4.78 is -0.545. The minimum atomic E-state index is -0.273. The van der Waals surface area contributed by atoms with Crippen LogP contribution in [0.4, 0.5) is 0 Å². The number of halogens is 6. The average Bonchev–Trinajstić information content (AvgIpc) is 1.55. The molecule has 0 aromatic carbocycles. The van der Waals surface area contributed by atoms with Gasteiger partial charge in [0.2, 0.25) is 0 Å². The fourth-order valence-corrected chi connectivity index (χ4v) is 1.37. The minimum absolute atomic E-state index is 0.273. The van der Waals surface area contributed by atoms with Crippen LogP contribution in [0.1, 0.15) is 0 Å². The molecular weight excluding hydrogens is 541 g/mol. The average molecular weight is 546 g/mol. The van der Waals surface area contributed by atoms with E-state index in [4.69, 9.17) is 0 Å². The topological polar surface area (TPSA) is 14.1 Å². The molecule has 0 spiro atoms. The van der Waals surface area contributed by atoms with Crippen LogP contribution in [-0.2, 0) is 0 Å². The first kappa shape index (κ1) is 13.8. The van der Waals surface area contributed by atoms with Crippen molar-refractivity contribution < 1.29 is 0 Å². The van der Waals surface area contributed by atoms with Crippen LogP contribution in [-0.4, -0.2) is 17.4 Å². The third kappa shape index (κ3) is 12.8. The van der Waals surface area contributed by atoms with E-state index >= 15 is 0 Å². The van der Waals surface area contributed by atoms with Crippen molar-refractivity contribution in [2.45, 2.75) is 4.29 Å². The van der Waals surface area contributed by atoms with Gasteiger partial charge in [0, 0.05) is 13.1 Å². The monoisotopic (exact) mass is 540 g/mol. The lowest BCUT2D eigenvalue weighted by Crippen LogP contribution is -2.25. The molecule has 0 atom stereocenters. The molecule has 0 bridgehead atoms. The van der Waals surface area contributed by atoms with Crippen LogP contribution in [0.2, 0.25) is 0 Å². The van der Waals surface area contributed by atoms with Crippen molar-refractivity contribution in [1.29, 1.82) is 0 Å². The Hall–Kier alpha value is 2.84. The molecule has 0 rings (SSSR count). The molecule has 11 heavy (non-hydrogen) atoms. The highest BCUT2D eigenvalue weighted by Gasteiger charge is 2.22. The van der Waals surface area contributed by atoms with E-state index in [2.05, 4.69) is 101 Å². The molecule has 0 aromatic rings. The largest absolute Gasteiger partial charge is 0.235 e. The first-order valence-corrected chi connectivity index (χ1v) is 7.23. The van der Waals surface area contributed by atoms with E-state index in [1.54, 1.807) is 0 Å². The molecule has 0 N–H and O–H groups in total. The molecule has 67 valence electrons. The smallest absolute Gasteiger partial charge is 0.148 e. The molecule has 0 aliphatic rings. The summed E-state index contributed by atoms with van der Waals surface area (Å²) in [6.45, 7) is 1.27. The van der Waals surface area contributed by atoms with Gasteiger partial charge in [-0.15, -0.1) is 0 Å². The first-order chi connectivity index (χ1) is 4.71. The SMILES string of the molecule is BrC(Br)(Br)C[N]CC(Br)(Br)Br. The van der Waals surface area contributed by atoms with E-state index in [1.807, 2.05) is 0 Å². The van der Waals surface area contributed by atoms with Crippen LogP contribution in [0.3, 0.4) is 0 Å². The Bertz CT molecular complexity index is 98.7. The summed E-state index contributed by atoms with van der Waals surface area (Å²) in [5.74, 6) is 0. The van der Waals surface area contributed by atoms with E-state index in [9.17, 15) is 0 Å². The lowest BCUT2D eigenvalue weighted by atomic mass is 10.7. The van der Waals surface area contributed by atoms with Gasteiger partial charge in [-0.2, -0.15) is 0 Å². The molecule has 0 unspecified atom stereocenters. The Morgan fingerprint density at radius 3 is 1.18 bits per heavy atom. The highest BCUT2D eigenvalue weighted by atomic mass is 80.0. The zero-order valence-corrected chi connectivity index (χ0v) is 14.6. The summed E-state index contributed by atoms with van der Waals surface area (Å²) >= 11 is 20.0. The van der Waals surface area contributed by atoms with Gasteiger partial charge in [-0.3, -0.25) is 0 Å². The van der Waals surface area contributed by atoms with Crippen molar-refractivity contribution in [2.24, 2.45) is 0 Å². The Kier molecular flexibility index (Phi) is 7.12. The number of alkyl halides is 6. The van der Waals surface area contributed by atoms with Gasteiger partial charge in [-0.25, -0.2) is 5.32 Å². The van der Waals surface area contributed by atoms with Crippen molar-refractivity contribution in [2.75, 3.05) is 13.1 Å². The zero-order valence-electron chi connectivity index (χ0n) is 5.13. The molecule has 1 radical (unpaired) electrons. The third-order valence-corrected chi connectivity index (χ3v) is 2.09. The second kappa shape index (κ2) is 5.66. The van der Waals surface area contributed by atoms with Gasteiger partial charge in [0.25, 0.3) is 0 Å². The zero-order chi connectivity index (χ0) is 9.12. The van der Waals surface area contributed by atoms with Crippen LogP contribution in [0.25, 0.3) is 0 Å². The Morgan fingerprint density at radius 2 is 1.00 bits per heavy atom. The Balaban J connectivity index is 3.44. The summed E-state index contributed by atoms with van der Waals surface area (Å²) in [5.41, 5.74) is 0. The van der Waals surface area contributed by atoms with E-state index in [-0.39, 0.29) is 4.29 Å². The van der Waals surface area contributed by atoms with Gasteiger partial charge in [0.15, 0.2) is 0 Å². The van der Waals surface area contributed by atoms with Crippen LogP contribution in [0.15, 0.2) is 0 Å². The fourth-order valence-electron chi connectivity index (χ4n) is 0.309. The number of rotatable bonds is 2.